The van der Waals surface area contributed by atoms with Gasteiger partial charge in [-0.15, -0.1) is 5.10 Å². The first kappa shape index (κ1) is 26.8. The fraction of sp³-hybridized carbons (Fsp3) is 0.480. The van der Waals surface area contributed by atoms with Crippen LogP contribution in [0.15, 0.2) is 24.4 Å². The normalized spacial score (nSPS) is 18.7. The summed E-state index contributed by atoms with van der Waals surface area (Å²) in [7, 11) is 0. The summed E-state index contributed by atoms with van der Waals surface area (Å²) in [6.07, 6.45) is 2.69. The molecule has 0 bridgehead atoms. The number of aryl methyl sites for hydroxylation is 1. The molecular formula is C25H31N7O6. The van der Waals surface area contributed by atoms with E-state index in [2.05, 4.69) is 31.4 Å². The number of nitrogens with one attached hydrogen (secondary N) is 4. The third kappa shape index (κ3) is 5.98. The number of H-pyrrole nitrogens is 1. The highest BCUT2D eigenvalue weighted by Crippen LogP contribution is 2.39. The van der Waals surface area contributed by atoms with Crippen molar-refractivity contribution in [3.05, 3.63) is 41.2 Å². The van der Waals surface area contributed by atoms with Crippen molar-refractivity contribution in [2.45, 2.75) is 70.6 Å². The van der Waals surface area contributed by atoms with Gasteiger partial charge in [-0.3, -0.25) is 34.0 Å². The first-order valence-corrected chi connectivity index (χ1v) is 12.6. The first-order valence-electron chi connectivity index (χ1n) is 12.6. The second kappa shape index (κ2) is 11.8. The van der Waals surface area contributed by atoms with Crippen LogP contribution in [-0.2, 0) is 48.1 Å². The minimum Gasteiger partial charge on any atom is -0.466 e. The monoisotopic (exact) mass is 525 g/mol. The van der Waals surface area contributed by atoms with E-state index in [1.54, 1.807) is 13.1 Å². The van der Waals surface area contributed by atoms with Gasteiger partial charge in [-0.05, 0) is 37.3 Å². The molecule has 0 spiro atoms. The molecule has 0 unspecified atom stereocenters. The van der Waals surface area contributed by atoms with Gasteiger partial charge < -0.3 is 20.7 Å². The number of hydrogen-bond donors (Lipinski definition) is 4. The molecule has 3 heterocycles. The first-order chi connectivity index (χ1) is 18.3. The summed E-state index contributed by atoms with van der Waals surface area (Å²) in [6, 6.07) is 2.96. The fourth-order valence-electron chi connectivity index (χ4n) is 4.86. The van der Waals surface area contributed by atoms with Gasteiger partial charge in [0.25, 0.3) is 0 Å². The van der Waals surface area contributed by atoms with Crippen LogP contribution in [0.25, 0.3) is 0 Å². The minimum absolute atomic E-state index is 0.0202. The number of benzene rings is 1. The second-order valence-electron chi connectivity index (χ2n) is 9.23. The average molecular weight is 526 g/mol. The van der Waals surface area contributed by atoms with Crippen molar-refractivity contribution >= 4 is 35.3 Å². The smallest absolute Gasteiger partial charge is 0.305 e. The summed E-state index contributed by atoms with van der Waals surface area (Å²) in [5.41, 5.74) is 3.06. The number of aromatic nitrogens is 3. The topological polar surface area (TPSA) is 175 Å². The van der Waals surface area contributed by atoms with Crippen molar-refractivity contribution in [3.8, 4) is 0 Å². The van der Waals surface area contributed by atoms with Gasteiger partial charge in [0, 0.05) is 26.0 Å². The molecule has 0 saturated heterocycles. The minimum atomic E-state index is -1.02. The number of rotatable bonds is 10. The maximum absolute atomic E-state index is 13.8. The molecule has 13 nitrogen and oxygen atoms in total. The molecular weight excluding hydrogens is 494 g/mol. The van der Waals surface area contributed by atoms with Crippen LogP contribution in [-0.4, -0.2) is 69.7 Å². The van der Waals surface area contributed by atoms with E-state index in [4.69, 9.17) is 4.74 Å². The van der Waals surface area contributed by atoms with Crippen molar-refractivity contribution in [2.75, 3.05) is 11.5 Å². The fourth-order valence-corrected chi connectivity index (χ4v) is 4.86. The lowest BCUT2D eigenvalue weighted by molar-refractivity contribution is -0.143. The molecule has 1 aromatic carbocycles. The lowest BCUT2D eigenvalue weighted by atomic mass is 10.0. The number of aromatic amines is 1. The molecule has 2 aromatic rings. The Morgan fingerprint density at radius 3 is 2.74 bits per heavy atom. The van der Waals surface area contributed by atoms with Crippen LogP contribution in [0.3, 0.4) is 0 Å². The highest BCUT2D eigenvalue weighted by Gasteiger charge is 2.44. The highest BCUT2D eigenvalue weighted by atomic mass is 16.5. The Morgan fingerprint density at radius 2 is 2.03 bits per heavy atom. The summed E-state index contributed by atoms with van der Waals surface area (Å²) in [6.45, 7) is 3.30. The van der Waals surface area contributed by atoms with Crippen LogP contribution in [0.2, 0.25) is 0 Å². The van der Waals surface area contributed by atoms with E-state index in [0.29, 0.717) is 30.6 Å². The molecule has 2 aliphatic rings. The second-order valence-corrected chi connectivity index (χ2v) is 9.23. The molecule has 0 saturated carbocycles. The van der Waals surface area contributed by atoms with Gasteiger partial charge in [0.05, 0.1) is 18.8 Å². The van der Waals surface area contributed by atoms with Crippen LogP contribution < -0.4 is 20.9 Å². The Balaban J connectivity index is 1.51. The van der Waals surface area contributed by atoms with E-state index in [9.17, 15) is 24.0 Å². The summed E-state index contributed by atoms with van der Waals surface area (Å²) in [5, 5.41) is 18.2. The molecule has 4 amide bonds. The molecule has 0 radical (unpaired) electrons. The van der Waals surface area contributed by atoms with E-state index in [-0.39, 0.29) is 31.9 Å². The van der Waals surface area contributed by atoms with E-state index in [1.807, 2.05) is 18.2 Å². The number of amides is 4. The van der Waals surface area contributed by atoms with Gasteiger partial charge in [-0.2, -0.15) is 0 Å². The van der Waals surface area contributed by atoms with Crippen molar-refractivity contribution in [1.29, 1.82) is 0 Å². The number of hydrogen-bond acceptors (Lipinski definition) is 8. The highest BCUT2D eigenvalue weighted by molar-refractivity contribution is 6.08. The zero-order valence-corrected chi connectivity index (χ0v) is 21.3. The lowest BCUT2D eigenvalue weighted by Crippen LogP contribution is -2.57. The van der Waals surface area contributed by atoms with Gasteiger partial charge in [0.15, 0.2) is 0 Å². The SMILES string of the molecule is CCOC(=O)CC[C@H](NC(C)=O)C(=O)N[C@H]1CCc2cccc3c2N(C1=O)[C@H](C(=O)NCc1c[nH]nn1)C3. The van der Waals surface area contributed by atoms with Crippen LogP contribution in [0.5, 0.6) is 0 Å². The zero-order chi connectivity index (χ0) is 27.2. The molecule has 202 valence electrons. The van der Waals surface area contributed by atoms with Crippen molar-refractivity contribution in [2.24, 2.45) is 0 Å². The standard InChI is InChI=1S/C25H31N7O6/c1-3-38-21(34)10-9-18(28-14(2)33)23(35)29-19-8-7-15-5-4-6-16-11-20(32(22(15)16)25(19)37)24(36)26-12-17-13-27-31-30-17/h4-6,13,18-20H,3,7-12H2,1-2H3,(H,26,36)(H,28,33)(H,29,35)(H,27,30,31)/t18-,19-,20-/m0/s1. The van der Waals surface area contributed by atoms with E-state index in [0.717, 1.165) is 11.1 Å². The molecule has 3 atom stereocenters. The van der Waals surface area contributed by atoms with Gasteiger partial charge in [0.2, 0.25) is 23.6 Å². The van der Waals surface area contributed by atoms with Crippen LogP contribution in [0.1, 0.15) is 49.9 Å². The zero-order valence-electron chi connectivity index (χ0n) is 21.3. The maximum atomic E-state index is 13.8. The van der Waals surface area contributed by atoms with Crippen LogP contribution >= 0.6 is 0 Å². The number of carbonyl (C=O) groups is 5. The average Bonchev–Trinajstić information content (AvgIpc) is 3.52. The molecule has 38 heavy (non-hydrogen) atoms. The predicted octanol–water partition coefficient (Wildman–Crippen LogP) is -0.342. The predicted molar refractivity (Wildman–Crippen MR) is 133 cm³/mol. The quantitative estimate of drug-likeness (QED) is 0.305. The Bertz CT molecular complexity index is 1210. The third-order valence-corrected chi connectivity index (χ3v) is 6.57. The molecule has 0 fully saturated rings. The summed E-state index contributed by atoms with van der Waals surface area (Å²) in [5.74, 6) is -2.26. The summed E-state index contributed by atoms with van der Waals surface area (Å²) < 4.78 is 4.92. The van der Waals surface area contributed by atoms with Crippen molar-refractivity contribution in [3.63, 3.8) is 0 Å². The van der Waals surface area contributed by atoms with Gasteiger partial charge >= 0.3 is 5.97 Å². The molecule has 0 aliphatic carbocycles. The van der Waals surface area contributed by atoms with Gasteiger partial charge in [-0.25, -0.2) is 0 Å². The maximum Gasteiger partial charge on any atom is 0.305 e. The number of para-hydroxylation sites is 1. The molecule has 4 rings (SSSR count). The van der Waals surface area contributed by atoms with Crippen molar-refractivity contribution < 1.29 is 28.7 Å². The van der Waals surface area contributed by atoms with Crippen molar-refractivity contribution in [1.82, 2.24) is 31.4 Å². The Morgan fingerprint density at radius 1 is 1.24 bits per heavy atom. The molecule has 13 heteroatoms. The van der Waals surface area contributed by atoms with Crippen LogP contribution in [0.4, 0.5) is 5.69 Å². The van der Waals surface area contributed by atoms with Gasteiger partial charge in [0.1, 0.15) is 23.8 Å². The lowest BCUT2D eigenvalue weighted by Gasteiger charge is -2.28. The number of carbonyl (C=O) groups excluding carboxylic acids is 5. The number of esters is 1. The van der Waals surface area contributed by atoms with Crippen LogP contribution in [0, 0.1) is 0 Å². The Hall–Kier alpha value is -4.29. The largest absolute Gasteiger partial charge is 0.466 e. The number of ether oxygens (including phenoxy) is 1. The Kier molecular flexibility index (Phi) is 8.34. The molecule has 2 aliphatic heterocycles. The summed E-state index contributed by atoms with van der Waals surface area (Å²) >= 11 is 0. The van der Waals surface area contributed by atoms with E-state index in [1.165, 1.54) is 11.8 Å². The number of anilines is 1. The Labute approximate surface area is 219 Å². The summed E-state index contributed by atoms with van der Waals surface area (Å²) in [4.78, 5) is 65.2. The molecule has 1 aromatic heterocycles. The number of nitrogens with zero attached hydrogens (tertiary/aromatic N) is 3. The third-order valence-electron chi connectivity index (χ3n) is 6.57. The van der Waals surface area contributed by atoms with Gasteiger partial charge in [-0.1, -0.05) is 23.4 Å². The van der Waals surface area contributed by atoms with E-state index >= 15 is 0 Å². The molecule has 4 N–H and O–H groups in total. The van der Waals surface area contributed by atoms with E-state index < -0.39 is 41.8 Å².